The quantitative estimate of drug-likeness (QED) is 0.783. The predicted molar refractivity (Wildman–Crippen MR) is 107 cm³/mol. The van der Waals surface area contributed by atoms with Crippen molar-refractivity contribution in [1.29, 1.82) is 0 Å². The van der Waals surface area contributed by atoms with Crippen molar-refractivity contribution in [3.63, 3.8) is 0 Å². The molecule has 7 nitrogen and oxygen atoms in total. The predicted octanol–water partition coefficient (Wildman–Crippen LogP) is 3.12. The number of aliphatic imine (C=N–C) groups is 1. The van der Waals surface area contributed by atoms with Crippen molar-refractivity contribution in [3.8, 4) is 0 Å². The molecule has 1 aliphatic heterocycles. The largest absolute Gasteiger partial charge is 0.369 e. The maximum Gasteiger partial charge on any atom is 0.274 e. The highest BCUT2D eigenvalue weighted by atomic mass is 35.5. The monoisotopic (exact) mass is 415 g/mol. The van der Waals surface area contributed by atoms with E-state index in [1.54, 1.807) is 6.07 Å². The molecule has 1 atom stereocenters. The molecule has 2 heterocycles. The minimum atomic E-state index is -0.733. The molecule has 0 saturated heterocycles. The van der Waals surface area contributed by atoms with Crippen molar-refractivity contribution < 1.29 is 14.0 Å². The highest BCUT2D eigenvalue weighted by Gasteiger charge is 2.34. The van der Waals surface area contributed by atoms with Crippen molar-refractivity contribution in [2.24, 2.45) is 16.6 Å². The van der Waals surface area contributed by atoms with Crippen molar-refractivity contribution in [3.05, 3.63) is 58.6 Å². The number of pyridine rings is 1. The number of aromatic nitrogens is 1. The van der Waals surface area contributed by atoms with Gasteiger partial charge in [0, 0.05) is 24.0 Å². The van der Waals surface area contributed by atoms with Gasteiger partial charge in [0.05, 0.1) is 17.5 Å². The Labute approximate surface area is 171 Å². The molecule has 29 heavy (non-hydrogen) atoms. The first-order valence-electron chi connectivity index (χ1n) is 9.26. The third-order valence-corrected chi connectivity index (χ3v) is 5.17. The van der Waals surface area contributed by atoms with Crippen LogP contribution < -0.4 is 11.1 Å². The van der Waals surface area contributed by atoms with Crippen LogP contribution in [0.4, 0.5) is 10.1 Å². The van der Waals surface area contributed by atoms with Crippen molar-refractivity contribution in [2.45, 2.75) is 25.3 Å². The number of rotatable bonds is 5. The number of anilines is 1. The summed E-state index contributed by atoms with van der Waals surface area (Å²) in [6, 6.07) is 6.44. The second kappa shape index (κ2) is 7.79. The van der Waals surface area contributed by atoms with Crippen molar-refractivity contribution >= 4 is 35.1 Å². The van der Waals surface area contributed by atoms with Crippen LogP contribution in [-0.4, -0.2) is 34.2 Å². The molecule has 2 aromatic rings. The zero-order valence-corrected chi connectivity index (χ0v) is 16.2. The van der Waals surface area contributed by atoms with Crippen LogP contribution >= 0.6 is 11.6 Å². The van der Waals surface area contributed by atoms with E-state index in [0.717, 1.165) is 12.8 Å². The Balaban J connectivity index is 1.53. The molecule has 9 heteroatoms. The summed E-state index contributed by atoms with van der Waals surface area (Å²) in [4.78, 5) is 34.6. The number of amides is 2. The Morgan fingerprint density at radius 1 is 1.31 bits per heavy atom. The van der Waals surface area contributed by atoms with E-state index in [2.05, 4.69) is 15.3 Å². The van der Waals surface area contributed by atoms with Gasteiger partial charge in [0.1, 0.15) is 11.5 Å². The van der Waals surface area contributed by atoms with Crippen LogP contribution in [-0.2, 0) is 4.79 Å². The number of nitrogens with two attached hydrogens (primary N) is 1. The molecular weight excluding hydrogens is 397 g/mol. The van der Waals surface area contributed by atoms with Gasteiger partial charge in [-0.25, -0.2) is 14.4 Å². The van der Waals surface area contributed by atoms with Gasteiger partial charge in [0.15, 0.2) is 5.96 Å². The average Bonchev–Trinajstić information content (AvgIpc) is 3.51. The molecule has 2 amide bonds. The number of carbonyl (C=O) groups excluding carboxylic acids is 2. The summed E-state index contributed by atoms with van der Waals surface area (Å²) < 4.78 is 14.5. The lowest BCUT2D eigenvalue weighted by Gasteiger charge is -2.29. The van der Waals surface area contributed by atoms with Gasteiger partial charge in [0.25, 0.3) is 5.91 Å². The first kappa shape index (κ1) is 19.3. The Kier molecular flexibility index (Phi) is 5.19. The molecule has 1 unspecified atom stereocenters. The average molecular weight is 416 g/mol. The minimum absolute atomic E-state index is 0.0283. The number of benzene rings is 1. The normalized spacial score (nSPS) is 19.1. The molecule has 1 aromatic carbocycles. The van der Waals surface area contributed by atoms with E-state index in [1.807, 2.05) is 0 Å². The van der Waals surface area contributed by atoms with E-state index in [-0.39, 0.29) is 29.5 Å². The summed E-state index contributed by atoms with van der Waals surface area (Å²) in [5.41, 5.74) is 6.71. The highest BCUT2D eigenvalue weighted by molar-refractivity contribution is 6.30. The highest BCUT2D eigenvalue weighted by Crippen LogP contribution is 2.34. The lowest BCUT2D eigenvalue weighted by atomic mass is 10.0. The molecule has 1 aliphatic carbocycles. The molecule has 3 N–H and O–H groups in total. The van der Waals surface area contributed by atoms with Crippen LogP contribution in [0, 0.1) is 11.7 Å². The number of nitrogens with zero attached hydrogens (tertiary/aromatic N) is 3. The van der Waals surface area contributed by atoms with Crippen LogP contribution in [0.2, 0.25) is 5.02 Å². The fourth-order valence-electron chi connectivity index (χ4n) is 3.19. The van der Waals surface area contributed by atoms with Gasteiger partial charge in [-0.2, -0.15) is 0 Å². The lowest BCUT2D eigenvalue weighted by molar-refractivity contribution is -0.128. The van der Waals surface area contributed by atoms with Gasteiger partial charge >= 0.3 is 0 Å². The van der Waals surface area contributed by atoms with Gasteiger partial charge in [-0.05, 0) is 49.1 Å². The number of hydrogen-bond donors (Lipinski definition) is 2. The molecule has 150 valence electrons. The van der Waals surface area contributed by atoms with E-state index in [0.29, 0.717) is 23.2 Å². The van der Waals surface area contributed by atoms with Crippen molar-refractivity contribution in [1.82, 2.24) is 9.88 Å². The zero-order valence-electron chi connectivity index (χ0n) is 15.4. The van der Waals surface area contributed by atoms with E-state index < -0.39 is 17.8 Å². The molecule has 0 bridgehead atoms. The SMILES string of the molecule is NC1=NC(c2cc(NC(=O)c3ccc(Cl)cn3)ccc2F)CC(=O)N1CC1CC1. The van der Waals surface area contributed by atoms with Gasteiger partial charge in [-0.15, -0.1) is 0 Å². The third kappa shape index (κ3) is 4.37. The maximum absolute atomic E-state index is 14.5. The number of carbonyl (C=O) groups is 2. The fourth-order valence-corrected chi connectivity index (χ4v) is 3.31. The van der Waals surface area contributed by atoms with Crippen LogP contribution in [0.25, 0.3) is 0 Å². The zero-order chi connectivity index (χ0) is 20.5. The Bertz CT molecular complexity index is 991. The standard InChI is InChI=1S/C20H19ClFN5O2/c21-12-3-6-16(24-9-12)19(29)25-13-4-5-15(22)14(7-13)17-8-18(28)27(20(23)26-17)10-11-1-2-11/h3-7,9,11,17H,1-2,8,10H2,(H2,23,26)(H,25,29). The maximum atomic E-state index is 14.5. The molecule has 4 rings (SSSR count). The van der Waals surface area contributed by atoms with Gasteiger partial charge in [-0.3, -0.25) is 14.5 Å². The Hall–Kier alpha value is -3.00. The van der Waals surface area contributed by atoms with Crippen molar-refractivity contribution in [2.75, 3.05) is 11.9 Å². The summed E-state index contributed by atoms with van der Waals surface area (Å²) >= 11 is 5.78. The topological polar surface area (TPSA) is 101 Å². The van der Waals surface area contributed by atoms with E-state index >= 15 is 0 Å². The minimum Gasteiger partial charge on any atom is -0.369 e. The smallest absolute Gasteiger partial charge is 0.274 e. The molecule has 1 fully saturated rings. The molecule has 1 saturated carbocycles. The molecule has 0 spiro atoms. The summed E-state index contributed by atoms with van der Waals surface area (Å²) in [6.07, 6.45) is 3.56. The molecule has 0 radical (unpaired) electrons. The van der Waals surface area contributed by atoms with Crippen LogP contribution in [0.1, 0.15) is 41.4 Å². The van der Waals surface area contributed by atoms with Gasteiger partial charge in [0.2, 0.25) is 5.91 Å². The summed E-state index contributed by atoms with van der Waals surface area (Å²) in [5.74, 6) is -0.567. The summed E-state index contributed by atoms with van der Waals surface area (Å²) in [7, 11) is 0. The van der Waals surface area contributed by atoms with Gasteiger partial charge < -0.3 is 11.1 Å². The second-order valence-corrected chi connectivity index (χ2v) is 7.64. The van der Waals surface area contributed by atoms with Crippen LogP contribution in [0.3, 0.4) is 0 Å². The first-order chi connectivity index (χ1) is 13.9. The number of guanidine groups is 1. The first-order valence-corrected chi connectivity index (χ1v) is 9.64. The van der Waals surface area contributed by atoms with E-state index in [1.165, 1.54) is 35.4 Å². The summed E-state index contributed by atoms with van der Waals surface area (Å²) in [6.45, 7) is 0.563. The second-order valence-electron chi connectivity index (χ2n) is 7.21. The van der Waals surface area contributed by atoms with E-state index in [4.69, 9.17) is 17.3 Å². The lowest BCUT2D eigenvalue weighted by Crippen LogP contribution is -2.46. The number of hydrogen-bond acceptors (Lipinski definition) is 5. The van der Waals surface area contributed by atoms with Crippen LogP contribution in [0.5, 0.6) is 0 Å². The Morgan fingerprint density at radius 2 is 2.10 bits per heavy atom. The molecule has 2 aliphatic rings. The number of halogens is 2. The van der Waals surface area contributed by atoms with E-state index in [9.17, 15) is 14.0 Å². The van der Waals surface area contributed by atoms with Gasteiger partial charge in [-0.1, -0.05) is 11.6 Å². The molecule has 1 aromatic heterocycles. The molecular formula is C20H19ClFN5O2. The number of nitrogens with one attached hydrogen (secondary N) is 1. The fraction of sp³-hybridized carbons (Fsp3) is 0.300. The third-order valence-electron chi connectivity index (χ3n) is 4.94. The summed E-state index contributed by atoms with van der Waals surface area (Å²) in [5, 5.41) is 3.08. The Morgan fingerprint density at radius 3 is 2.76 bits per heavy atom. The van der Waals surface area contributed by atoms with Crippen LogP contribution in [0.15, 0.2) is 41.5 Å².